The SMILES string of the molecule is CNC(C#N)c1cc(F)c(C)cc1Cl. The molecule has 0 radical (unpaired) electrons. The van der Waals surface area contributed by atoms with Crippen LogP contribution in [0.2, 0.25) is 5.02 Å². The molecule has 1 aromatic rings. The van der Waals surface area contributed by atoms with Gasteiger partial charge >= 0.3 is 0 Å². The first-order chi connectivity index (χ1) is 6.60. The Morgan fingerprint density at radius 1 is 1.57 bits per heavy atom. The number of halogens is 2. The second kappa shape index (κ2) is 4.41. The van der Waals surface area contributed by atoms with E-state index < -0.39 is 6.04 Å². The van der Waals surface area contributed by atoms with Crippen molar-refractivity contribution < 1.29 is 4.39 Å². The molecule has 0 bridgehead atoms. The molecule has 0 amide bonds. The van der Waals surface area contributed by atoms with Crippen molar-refractivity contribution >= 4 is 11.6 Å². The number of benzene rings is 1. The molecule has 0 fully saturated rings. The number of hydrogen-bond donors (Lipinski definition) is 1. The molecule has 4 heteroatoms. The molecule has 1 N–H and O–H groups in total. The molecule has 1 atom stereocenters. The van der Waals surface area contributed by atoms with Crippen molar-refractivity contribution in [1.29, 1.82) is 5.26 Å². The van der Waals surface area contributed by atoms with Crippen LogP contribution < -0.4 is 5.32 Å². The Labute approximate surface area is 87.3 Å². The molecule has 2 nitrogen and oxygen atoms in total. The molecule has 0 aliphatic carbocycles. The normalized spacial score (nSPS) is 12.2. The average Bonchev–Trinajstić information content (AvgIpc) is 2.15. The quantitative estimate of drug-likeness (QED) is 0.818. The zero-order valence-corrected chi connectivity index (χ0v) is 8.69. The fourth-order valence-corrected chi connectivity index (χ4v) is 1.50. The van der Waals surface area contributed by atoms with Crippen LogP contribution in [0.15, 0.2) is 12.1 Å². The van der Waals surface area contributed by atoms with Crippen LogP contribution in [0.5, 0.6) is 0 Å². The second-order valence-electron chi connectivity index (χ2n) is 2.97. The lowest BCUT2D eigenvalue weighted by Crippen LogP contribution is -2.15. The van der Waals surface area contributed by atoms with Crippen molar-refractivity contribution in [2.75, 3.05) is 7.05 Å². The molecular weight excluding hydrogens is 203 g/mol. The van der Waals surface area contributed by atoms with E-state index >= 15 is 0 Å². The van der Waals surface area contributed by atoms with Crippen LogP contribution in [-0.4, -0.2) is 7.05 Å². The van der Waals surface area contributed by atoms with Gasteiger partial charge in [0.15, 0.2) is 0 Å². The van der Waals surface area contributed by atoms with Crippen LogP contribution in [0.25, 0.3) is 0 Å². The van der Waals surface area contributed by atoms with Crippen molar-refractivity contribution in [3.63, 3.8) is 0 Å². The van der Waals surface area contributed by atoms with E-state index in [4.69, 9.17) is 16.9 Å². The summed E-state index contributed by atoms with van der Waals surface area (Å²) in [7, 11) is 1.63. The van der Waals surface area contributed by atoms with E-state index in [-0.39, 0.29) is 5.82 Å². The Morgan fingerprint density at radius 2 is 2.21 bits per heavy atom. The number of nitriles is 1. The van der Waals surface area contributed by atoms with Gasteiger partial charge in [-0.1, -0.05) is 11.6 Å². The summed E-state index contributed by atoms with van der Waals surface area (Å²) >= 11 is 5.90. The minimum absolute atomic E-state index is 0.347. The van der Waals surface area contributed by atoms with Crippen LogP contribution in [0.1, 0.15) is 17.2 Å². The summed E-state index contributed by atoms with van der Waals surface area (Å²) in [5.74, 6) is -0.347. The summed E-state index contributed by atoms with van der Waals surface area (Å²) in [6.07, 6.45) is 0. The predicted molar refractivity (Wildman–Crippen MR) is 53.6 cm³/mol. The number of aryl methyl sites for hydroxylation is 1. The molecule has 0 aliphatic rings. The molecule has 0 saturated heterocycles. The Hall–Kier alpha value is -1.11. The monoisotopic (exact) mass is 212 g/mol. The molecule has 0 aliphatic heterocycles. The van der Waals surface area contributed by atoms with Gasteiger partial charge in [0.25, 0.3) is 0 Å². The van der Waals surface area contributed by atoms with Crippen molar-refractivity contribution in [1.82, 2.24) is 5.32 Å². The first-order valence-electron chi connectivity index (χ1n) is 4.12. The van der Waals surface area contributed by atoms with E-state index in [0.29, 0.717) is 16.1 Å². The zero-order chi connectivity index (χ0) is 10.7. The van der Waals surface area contributed by atoms with Gasteiger partial charge in [0.2, 0.25) is 0 Å². The fourth-order valence-electron chi connectivity index (χ4n) is 1.17. The minimum atomic E-state index is -0.572. The predicted octanol–water partition coefficient (Wildman–Crippen LogP) is 2.57. The summed E-state index contributed by atoms with van der Waals surface area (Å²) < 4.78 is 13.2. The van der Waals surface area contributed by atoms with E-state index in [9.17, 15) is 4.39 Å². The van der Waals surface area contributed by atoms with Crippen LogP contribution in [-0.2, 0) is 0 Å². The number of nitrogens with zero attached hydrogens (tertiary/aromatic N) is 1. The standard InChI is InChI=1S/C10H10ClFN2/c1-6-3-8(11)7(4-9(6)12)10(5-13)14-2/h3-4,10,14H,1-2H3. The first kappa shape index (κ1) is 11.0. The van der Waals surface area contributed by atoms with Crippen LogP contribution >= 0.6 is 11.6 Å². The maximum absolute atomic E-state index is 13.2. The maximum Gasteiger partial charge on any atom is 0.126 e. The third-order valence-corrected chi connectivity index (χ3v) is 2.33. The van der Waals surface area contributed by atoms with E-state index in [0.717, 1.165) is 0 Å². The maximum atomic E-state index is 13.2. The van der Waals surface area contributed by atoms with Crippen LogP contribution in [0, 0.1) is 24.1 Å². The molecular formula is C10H10ClFN2. The molecule has 0 heterocycles. The van der Waals surface area contributed by atoms with Gasteiger partial charge in [0.1, 0.15) is 11.9 Å². The molecule has 1 rings (SSSR count). The summed E-state index contributed by atoms with van der Waals surface area (Å²) in [5.41, 5.74) is 0.950. The van der Waals surface area contributed by atoms with Gasteiger partial charge in [-0.05, 0) is 31.7 Å². The largest absolute Gasteiger partial charge is 0.301 e. The van der Waals surface area contributed by atoms with Gasteiger partial charge < -0.3 is 5.32 Å². The van der Waals surface area contributed by atoms with Gasteiger partial charge in [-0.15, -0.1) is 0 Å². The summed E-state index contributed by atoms with van der Waals surface area (Å²) in [4.78, 5) is 0. The van der Waals surface area contributed by atoms with Gasteiger partial charge in [-0.25, -0.2) is 4.39 Å². The Balaban J connectivity index is 3.22. The third kappa shape index (κ3) is 2.03. The molecule has 0 aromatic heterocycles. The molecule has 14 heavy (non-hydrogen) atoms. The number of hydrogen-bond acceptors (Lipinski definition) is 2. The van der Waals surface area contributed by atoms with Crippen molar-refractivity contribution in [2.24, 2.45) is 0 Å². The van der Waals surface area contributed by atoms with E-state index in [2.05, 4.69) is 5.32 Å². The van der Waals surface area contributed by atoms with E-state index in [1.807, 2.05) is 6.07 Å². The lowest BCUT2D eigenvalue weighted by atomic mass is 10.1. The number of nitrogens with one attached hydrogen (secondary N) is 1. The smallest absolute Gasteiger partial charge is 0.126 e. The van der Waals surface area contributed by atoms with Gasteiger partial charge in [0.05, 0.1) is 6.07 Å². The fraction of sp³-hybridized carbons (Fsp3) is 0.300. The van der Waals surface area contributed by atoms with Crippen LogP contribution in [0.4, 0.5) is 4.39 Å². The molecule has 1 aromatic carbocycles. The van der Waals surface area contributed by atoms with Gasteiger partial charge in [-0.2, -0.15) is 5.26 Å². The summed E-state index contributed by atoms with van der Waals surface area (Å²) in [5, 5.41) is 11.9. The summed E-state index contributed by atoms with van der Waals surface area (Å²) in [6, 6.07) is 4.24. The number of rotatable bonds is 2. The highest BCUT2D eigenvalue weighted by molar-refractivity contribution is 6.31. The van der Waals surface area contributed by atoms with E-state index in [1.165, 1.54) is 12.1 Å². The Kier molecular flexibility index (Phi) is 3.45. The van der Waals surface area contributed by atoms with E-state index in [1.54, 1.807) is 14.0 Å². The van der Waals surface area contributed by atoms with Crippen molar-refractivity contribution in [3.8, 4) is 6.07 Å². The van der Waals surface area contributed by atoms with Gasteiger partial charge in [-0.3, -0.25) is 0 Å². The minimum Gasteiger partial charge on any atom is -0.301 e. The average molecular weight is 213 g/mol. The van der Waals surface area contributed by atoms with Crippen molar-refractivity contribution in [2.45, 2.75) is 13.0 Å². The molecule has 0 spiro atoms. The molecule has 0 saturated carbocycles. The second-order valence-corrected chi connectivity index (χ2v) is 3.38. The summed E-state index contributed by atoms with van der Waals surface area (Å²) in [6.45, 7) is 1.63. The Bertz CT molecular complexity index is 384. The highest BCUT2D eigenvalue weighted by Gasteiger charge is 2.14. The highest BCUT2D eigenvalue weighted by atomic mass is 35.5. The van der Waals surface area contributed by atoms with Crippen molar-refractivity contribution in [3.05, 3.63) is 34.1 Å². The van der Waals surface area contributed by atoms with Gasteiger partial charge in [0, 0.05) is 10.6 Å². The lowest BCUT2D eigenvalue weighted by molar-refractivity contribution is 0.611. The Morgan fingerprint density at radius 3 is 2.71 bits per heavy atom. The first-order valence-corrected chi connectivity index (χ1v) is 4.50. The molecule has 1 unspecified atom stereocenters. The molecule has 74 valence electrons. The van der Waals surface area contributed by atoms with Crippen LogP contribution in [0.3, 0.4) is 0 Å². The lowest BCUT2D eigenvalue weighted by Gasteiger charge is -2.11. The highest BCUT2D eigenvalue weighted by Crippen LogP contribution is 2.25. The zero-order valence-electron chi connectivity index (χ0n) is 7.94. The topological polar surface area (TPSA) is 35.8 Å². The third-order valence-electron chi connectivity index (χ3n) is 2.01.